The van der Waals surface area contributed by atoms with Gasteiger partial charge in [0.25, 0.3) is 5.91 Å². The van der Waals surface area contributed by atoms with E-state index in [9.17, 15) is 14.9 Å². The van der Waals surface area contributed by atoms with Crippen LogP contribution in [0.15, 0.2) is 54.6 Å². The first-order valence-corrected chi connectivity index (χ1v) is 14.5. The van der Waals surface area contributed by atoms with Crippen LogP contribution >= 0.6 is 23.2 Å². The van der Waals surface area contributed by atoms with Gasteiger partial charge in [0.15, 0.2) is 0 Å². The highest BCUT2D eigenvalue weighted by molar-refractivity contribution is 6.31. The number of methoxy groups -OCH3 is 1. The molecule has 43 heavy (non-hydrogen) atoms. The highest BCUT2D eigenvalue weighted by Crippen LogP contribution is 2.61. The van der Waals surface area contributed by atoms with Crippen molar-refractivity contribution in [3.8, 4) is 11.8 Å². The Kier molecular flexibility index (Phi) is 9.39. The fourth-order valence-electron chi connectivity index (χ4n) is 6.40. The Labute approximate surface area is 260 Å². The van der Waals surface area contributed by atoms with Crippen LogP contribution in [0.3, 0.4) is 0 Å². The van der Waals surface area contributed by atoms with Crippen LogP contribution in [0.25, 0.3) is 0 Å². The third kappa shape index (κ3) is 6.07. The molecule has 0 heterocycles. The molecule has 0 bridgehead atoms. The summed E-state index contributed by atoms with van der Waals surface area (Å²) in [6.45, 7) is 5.97. The van der Waals surface area contributed by atoms with Crippen molar-refractivity contribution in [3.05, 3.63) is 93.0 Å². The van der Waals surface area contributed by atoms with Crippen molar-refractivity contribution < 1.29 is 23.1 Å². The number of nitriles is 1. The average Bonchev–Trinajstić information content (AvgIpc) is 3.28. The molecule has 2 N–H and O–H groups in total. The van der Waals surface area contributed by atoms with E-state index in [2.05, 4.69) is 16.7 Å². The SMILES string of the molecule is CNC(=O)c1ccc(NC(=O)[C@@H]2C[C@@H](CC(C)(C)C)[C@](C#N)(c3cccc(Cl)c3F)[C@H]2c2cccc(Cl)c2F)c(OC)c1. The predicted molar refractivity (Wildman–Crippen MR) is 164 cm³/mol. The molecule has 4 rings (SSSR count). The molecule has 3 aromatic carbocycles. The number of rotatable bonds is 7. The van der Waals surface area contributed by atoms with Gasteiger partial charge in [-0.15, -0.1) is 0 Å². The van der Waals surface area contributed by atoms with Crippen LogP contribution in [-0.2, 0) is 10.2 Å². The van der Waals surface area contributed by atoms with Crippen molar-refractivity contribution in [1.82, 2.24) is 5.32 Å². The van der Waals surface area contributed by atoms with Crippen LogP contribution in [0.4, 0.5) is 14.5 Å². The van der Waals surface area contributed by atoms with E-state index in [1.54, 1.807) is 12.1 Å². The molecule has 0 saturated heterocycles. The van der Waals surface area contributed by atoms with E-state index >= 15 is 8.78 Å². The molecule has 0 spiro atoms. The Morgan fingerprint density at radius 2 is 1.72 bits per heavy atom. The van der Waals surface area contributed by atoms with Gasteiger partial charge in [-0.3, -0.25) is 9.59 Å². The van der Waals surface area contributed by atoms with Gasteiger partial charge in [-0.05, 0) is 60.1 Å². The second-order valence-electron chi connectivity index (χ2n) is 12.0. The van der Waals surface area contributed by atoms with Crippen LogP contribution in [-0.4, -0.2) is 26.0 Å². The van der Waals surface area contributed by atoms with Crippen molar-refractivity contribution in [3.63, 3.8) is 0 Å². The molecular formula is C33H33Cl2F2N3O3. The highest BCUT2D eigenvalue weighted by Gasteiger charge is 2.61. The predicted octanol–water partition coefficient (Wildman–Crippen LogP) is 7.90. The van der Waals surface area contributed by atoms with E-state index in [4.69, 9.17) is 27.9 Å². The number of hydrogen-bond acceptors (Lipinski definition) is 4. The number of nitrogens with one attached hydrogen (secondary N) is 2. The third-order valence-corrected chi connectivity index (χ3v) is 8.70. The molecule has 3 aromatic rings. The maximum Gasteiger partial charge on any atom is 0.251 e. The molecule has 0 unspecified atom stereocenters. The summed E-state index contributed by atoms with van der Waals surface area (Å²) >= 11 is 12.4. The molecule has 1 aliphatic rings. The van der Waals surface area contributed by atoms with E-state index in [-0.39, 0.29) is 50.4 Å². The molecule has 226 valence electrons. The van der Waals surface area contributed by atoms with Gasteiger partial charge in [0.2, 0.25) is 5.91 Å². The van der Waals surface area contributed by atoms with Crippen LogP contribution in [0, 0.1) is 40.2 Å². The first-order valence-electron chi connectivity index (χ1n) is 13.8. The fraction of sp³-hybridized carbons (Fsp3) is 0.364. The van der Waals surface area contributed by atoms with Crippen molar-refractivity contribution in [2.24, 2.45) is 17.3 Å². The molecule has 10 heteroatoms. The zero-order valence-corrected chi connectivity index (χ0v) is 26.0. The summed E-state index contributed by atoms with van der Waals surface area (Å²) in [5, 5.41) is 16.1. The summed E-state index contributed by atoms with van der Waals surface area (Å²) in [4.78, 5) is 26.4. The van der Waals surface area contributed by atoms with Gasteiger partial charge in [0.05, 0.1) is 34.3 Å². The lowest BCUT2D eigenvalue weighted by Gasteiger charge is -2.38. The van der Waals surface area contributed by atoms with Crippen molar-refractivity contribution in [2.45, 2.75) is 44.9 Å². The van der Waals surface area contributed by atoms with Crippen LogP contribution in [0.2, 0.25) is 10.0 Å². The van der Waals surface area contributed by atoms with E-state index in [1.165, 1.54) is 56.6 Å². The number of amides is 2. The third-order valence-electron chi connectivity index (χ3n) is 8.12. The number of benzene rings is 3. The summed E-state index contributed by atoms with van der Waals surface area (Å²) in [5.41, 5.74) is -1.37. The Morgan fingerprint density at radius 1 is 1.07 bits per heavy atom. The number of anilines is 1. The minimum Gasteiger partial charge on any atom is -0.495 e. The maximum atomic E-state index is 15.9. The molecule has 1 aliphatic carbocycles. The lowest BCUT2D eigenvalue weighted by molar-refractivity contribution is -0.120. The molecule has 2 amide bonds. The van der Waals surface area contributed by atoms with E-state index in [1.807, 2.05) is 20.8 Å². The van der Waals surface area contributed by atoms with Crippen LogP contribution in [0.1, 0.15) is 61.0 Å². The maximum absolute atomic E-state index is 15.9. The molecule has 0 aromatic heterocycles. The smallest absolute Gasteiger partial charge is 0.251 e. The molecule has 1 fully saturated rings. The standard InChI is InChI=1S/C33H33Cl2F2N3O3/c1-32(2,3)16-19-15-21(31(42)40-25-13-12-18(30(41)39-4)14-26(25)43-5)27(20-8-6-10-23(34)28(20)36)33(19,17-38)22-9-7-11-24(35)29(22)37/h6-14,19,21,27H,15-16H2,1-5H3,(H,39,41)(H,40,42)/t19-,21+,27-,33+/m0/s1. The zero-order valence-electron chi connectivity index (χ0n) is 24.5. The first-order chi connectivity index (χ1) is 20.3. The summed E-state index contributed by atoms with van der Waals surface area (Å²) < 4.78 is 37.2. The van der Waals surface area contributed by atoms with E-state index < -0.39 is 40.7 Å². The van der Waals surface area contributed by atoms with Gasteiger partial charge < -0.3 is 15.4 Å². The summed E-state index contributed by atoms with van der Waals surface area (Å²) in [7, 11) is 2.90. The van der Waals surface area contributed by atoms with Gasteiger partial charge in [0, 0.05) is 30.0 Å². The molecule has 0 radical (unpaired) electrons. The molecule has 4 atom stereocenters. The minimum absolute atomic E-state index is 0.00365. The van der Waals surface area contributed by atoms with Crippen molar-refractivity contribution in [2.75, 3.05) is 19.5 Å². The Hall–Kier alpha value is -3.67. The number of carbonyl (C=O) groups excluding carboxylic acids is 2. The number of halogens is 4. The second-order valence-corrected chi connectivity index (χ2v) is 12.8. The van der Waals surface area contributed by atoms with Gasteiger partial charge in [-0.1, -0.05) is 68.2 Å². The molecule has 1 saturated carbocycles. The largest absolute Gasteiger partial charge is 0.495 e. The summed E-state index contributed by atoms with van der Waals surface area (Å²) in [6.07, 6.45) is 0.580. The van der Waals surface area contributed by atoms with E-state index in [0.717, 1.165) is 0 Å². The number of hydrogen-bond donors (Lipinski definition) is 2. The fourth-order valence-corrected chi connectivity index (χ4v) is 6.76. The van der Waals surface area contributed by atoms with Crippen LogP contribution in [0.5, 0.6) is 5.75 Å². The van der Waals surface area contributed by atoms with Gasteiger partial charge in [-0.2, -0.15) is 5.26 Å². The lowest BCUT2D eigenvalue weighted by atomic mass is 9.62. The molecule has 6 nitrogen and oxygen atoms in total. The van der Waals surface area contributed by atoms with Crippen LogP contribution < -0.4 is 15.4 Å². The average molecular weight is 629 g/mol. The van der Waals surface area contributed by atoms with Crippen molar-refractivity contribution in [1.29, 1.82) is 5.26 Å². The highest BCUT2D eigenvalue weighted by atomic mass is 35.5. The quantitative estimate of drug-likeness (QED) is 0.278. The summed E-state index contributed by atoms with van der Waals surface area (Å²) in [5.74, 6) is -4.87. The second kappa shape index (κ2) is 12.5. The first kappa shape index (κ1) is 32.2. The molecular weight excluding hydrogens is 595 g/mol. The monoisotopic (exact) mass is 627 g/mol. The molecule has 0 aliphatic heterocycles. The number of carbonyl (C=O) groups is 2. The zero-order chi connectivity index (χ0) is 31.7. The van der Waals surface area contributed by atoms with Gasteiger partial charge >= 0.3 is 0 Å². The topological polar surface area (TPSA) is 91.2 Å². The number of ether oxygens (including phenoxy) is 1. The number of nitrogens with zero attached hydrogens (tertiary/aromatic N) is 1. The lowest BCUT2D eigenvalue weighted by Crippen LogP contribution is -2.39. The van der Waals surface area contributed by atoms with Crippen molar-refractivity contribution >= 4 is 40.7 Å². The minimum atomic E-state index is -1.68. The van der Waals surface area contributed by atoms with Gasteiger partial charge in [0.1, 0.15) is 17.4 Å². The Morgan fingerprint density at radius 3 is 2.33 bits per heavy atom. The summed E-state index contributed by atoms with van der Waals surface area (Å²) in [6, 6.07) is 15.7. The van der Waals surface area contributed by atoms with E-state index in [0.29, 0.717) is 12.0 Å². The Bertz CT molecular complexity index is 1600. The Balaban J connectivity index is 1.94. The van der Waals surface area contributed by atoms with Gasteiger partial charge in [-0.25, -0.2) is 8.78 Å². The normalized spacial score (nSPS) is 21.6.